The third-order valence-electron chi connectivity index (χ3n) is 5.20. The summed E-state index contributed by atoms with van der Waals surface area (Å²) in [6.07, 6.45) is 7.40. The minimum Gasteiger partial charge on any atom is -0.398 e. The number of halogens is 2. The molecule has 0 spiro atoms. The smallest absolute Gasteiger partial charge is 0.226 e. The third kappa shape index (κ3) is 3.34. The average molecular weight is 351 g/mol. The van der Waals surface area contributed by atoms with E-state index in [9.17, 15) is 4.79 Å². The maximum Gasteiger partial charge on any atom is 0.226 e. The Balaban J connectivity index is 1.74. The minimum absolute atomic E-state index is 0.0602. The summed E-state index contributed by atoms with van der Waals surface area (Å²) in [5.74, 6) is 0.175. The number of nitrogens with two attached hydrogens (primary N) is 1. The molecular weight excluding hydrogens is 330 g/mol. The van der Waals surface area contributed by atoms with Crippen LogP contribution in [0.15, 0.2) is 6.07 Å². The first-order chi connectivity index (χ1) is 11.0. The summed E-state index contributed by atoms with van der Waals surface area (Å²) in [7, 11) is 5.78. The zero-order valence-corrected chi connectivity index (χ0v) is 14.7. The summed E-state index contributed by atoms with van der Waals surface area (Å²) >= 11 is 12.6. The Hall–Kier alpha value is -0.865. The largest absolute Gasteiger partial charge is 0.398 e. The van der Waals surface area contributed by atoms with Gasteiger partial charge in [-0.1, -0.05) is 47.9 Å². The van der Waals surface area contributed by atoms with E-state index in [1.54, 1.807) is 6.07 Å². The van der Waals surface area contributed by atoms with E-state index in [4.69, 9.17) is 36.8 Å². The summed E-state index contributed by atoms with van der Waals surface area (Å²) in [6.45, 7) is 0.841. The van der Waals surface area contributed by atoms with Crippen LogP contribution in [-0.2, 0) is 11.2 Å². The van der Waals surface area contributed by atoms with Gasteiger partial charge in [-0.05, 0) is 37.3 Å². The highest BCUT2D eigenvalue weighted by atomic mass is 35.5. The zero-order chi connectivity index (χ0) is 16.6. The van der Waals surface area contributed by atoms with Gasteiger partial charge in [-0.15, -0.1) is 0 Å². The van der Waals surface area contributed by atoms with Crippen LogP contribution in [-0.4, -0.2) is 31.2 Å². The Morgan fingerprint density at radius 1 is 1.22 bits per heavy atom. The average Bonchev–Trinajstić information content (AvgIpc) is 2.91. The van der Waals surface area contributed by atoms with E-state index in [1.807, 2.05) is 0 Å². The third-order valence-corrected chi connectivity index (χ3v) is 5.97. The van der Waals surface area contributed by atoms with E-state index in [0.717, 1.165) is 31.4 Å². The highest BCUT2D eigenvalue weighted by molar-refractivity contribution is 6.44. The van der Waals surface area contributed by atoms with Gasteiger partial charge in [0.2, 0.25) is 5.91 Å². The molecule has 2 aliphatic rings. The lowest BCUT2D eigenvalue weighted by Crippen LogP contribution is -2.39. The lowest BCUT2D eigenvalue weighted by atomic mass is 9.90. The van der Waals surface area contributed by atoms with E-state index in [1.165, 1.54) is 19.3 Å². The van der Waals surface area contributed by atoms with Crippen LogP contribution in [0.25, 0.3) is 0 Å². The normalized spacial score (nSPS) is 22.8. The Morgan fingerprint density at radius 2 is 1.91 bits per heavy atom. The molecule has 0 aromatic heterocycles. The summed E-state index contributed by atoms with van der Waals surface area (Å²) in [5, 5.41) is 0.879. The summed E-state index contributed by atoms with van der Waals surface area (Å²) in [4.78, 5) is 14.8. The highest BCUT2D eigenvalue weighted by Gasteiger charge is 2.36. The first-order valence-electron chi connectivity index (χ1n) is 8.31. The van der Waals surface area contributed by atoms with Crippen molar-refractivity contribution in [1.82, 2.24) is 4.90 Å². The number of nitrogen functional groups attached to an aromatic ring is 1. The van der Waals surface area contributed by atoms with Crippen molar-refractivity contribution in [3.63, 3.8) is 0 Å². The van der Waals surface area contributed by atoms with Gasteiger partial charge in [0.1, 0.15) is 7.85 Å². The molecule has 2 fully saturated rings. The fourth-order valence-corrected chi connectivity index (χ4v) is 4.46. The van der Waals surface area contributed by atoms with Crippen molar-refractivity contribution in [2.24, 2.45) is 5.92 Å². The molecule has 3 nitrogen and oxygen atoms in total. The second-order valence-corrected chi connectivity index (χ2v) is 7.45. The molecule has 0 bridgehead atoms. The van der Waals surface area contributed by atoms with Gasteiger partial charge in [-0.2, -0.15) is 0 Å². The van der Waals surface area contributed by atoms with Crippen molar-refractivity contribution in [2.75, 3.05) is 12.3 Å². The molecule has 1 heterocycles. The maximum atomic E-state index is 12.8. The second kappa shape index (κ2) is 6.94. The molecule has 1 saturated heterocycles. The number of carbonyl (C=O) groups is 1. The van der Waals surface area contributed by atoms with E-state index in [0.29, 0.717) is 33.7 Å². The second-order valence-electron chi connectivity index (χ2n) is 6.67. The molecule has 1 unspecified atom stereocenters. The molecule has 1 atom stereocenters. The topological polar surface area (TPSA) is 46.3 Å². The molecule has 3 rings (SSSR count). The number of likely N-dealkylation sites (tertiary alicyclic amines) is 1. The molecule has 2 N–H and O–H groups in total. The number of benzene rings is 1. The number of amides is 1. The van der Waals surface area contributed by atoms with Crippen LogP contribution in [0.2, 0.25) is 10.0 Å². The van der Waals surface area contributed by atoms with Crippen molar-refractivity contribution in [2.45, 2.75) is 51.0 Å². The molecular formula is C17H21BCl2N2O. The van der Waals surface area contributed by atoms with E-state index >= 15 is 0 Å². The molecule has 1 amide bonds. The Labute approximate surface area is 148 Å². The number of anilines is 1. The Kier molecular flexibility index (Phi) is 5.12. The number of nitrogens with zero attached hydrogens (tertiary/aromatic N) is 1. The van der Waals surface area contributed by atoms with Gasteiger partial charge in [-0.3, -0.25) is 4.79 Å². The van der Waals surface area contributed by atoms with Gasteiger partial charge in [0.25, 0.3) is 0 Å². The van der Waals surface area contributed by atoms with Gasteiger partial charge in [0.15, 0.2) is 0 Å². The predicted octanol–water partition coefficient (Wildman–Crippen LogP) is 3.09. The van der Waals surface area contributed by atoms with Crippen LogP contribution >= 0.6 is 23.2 Å². The summed E-state index contributed by atoms with van der Waals surface area (Å²) in [6, 6.07) is 2.04. The standard InChI is InChI=1S/C17H21BCl2N2O/c18-13-9-14(19)12(15(20)16(13)21)8-10-6-7-22(17(10)23)11-4-2-1-3-5-11/h9-11H,1-8,21H2. The van der Waals surface area contributed by atoms with Crippen LogP contribution in [0.5, 0.6) is 0 Å². The summed E-state index contributed by atoms with van der Waals surface area (Å²) < 4.78 is 0. The fraction of sp³-hybridized carbons (Fsp3) is 0.588. The Morgan fingerprint density at radius 3 is 2.61 bits per heavy atom. The molecule has 122 valence electrons. The van der Waals surface area contributed by atoms with Crippen molar-refractivity contribution in [1.29, 1.82) is 0 Å². The molecule has 1 aromatic rings. The number of hydrogen-bond acceptors (Lipinski definition) is 2. The van der Waals surface area contributed by atoms with Crippen molar-refractivity contribution in [3.05, 3.63) is 21.7 Å². The fourth-order valence-electron chi connectivity index (χ4n) is 3.84. The van der Waals surface area contributed by atoms with Crippen LogP contribution in [0.1, 0.15) is 44.1 Å². The molecule has 1 aromatic carbocycles. The number of hydrogen-bond donors (Lipinski definition) is 1. The monoisotopic (exact) mass is 350 g/mol. The van der Waals surface area contributed by atoms with E-state index in [2.05, 4.69) is 4.90 Å². The minimum atomic E-state index is -0.0602. The predicted molar refractivity (Wildman–Crippen MR) is 96.7 cm³/mol. The maximum absolute atomic E-state index is 12.8. The lowest BCUT2D eigenvalue weighted by Gasteiger charge is -2.31. The molecule has 1 aliphatic heterocycles. The van der Waals surface area contributed by atoms with Crippen LogP contribution in [0.3, 0.4) is 0 Å². The van der Waals surface area contributed by atoms with Crippen molar-refractivity contribution in [3.8, 4) is 0 Å². The molecule has 1 aliphatic carbocycles. The van der Waals surface area contributed by atoms with Gasteiger partial charge in [0, 0.05) is 29.2 Å². The highest BCUT2D eigenvalue weighted by Crippen LogP contribution is 2.35. The first-order valence-corrected chi connectivity index (χ1v) is 9.07. The molecule has 6 heteroatoms. The number of rotatable bonds is 3. The van der Waals surface area contributed by atoms with Gasteiger partial charge in [-0.25, -0.2) is 0 Å². The molecule has 1 saturated carbocycles. The molecule has 23 heavy (non-hydrogen) atoms. The van der Waals surface area contributed by atoms with Crippen molar-refractivity contribution >= 4 is 48.1 Å². The Bertz CT molecular complexity index is 617. The van der Waals surface area contributed by atoms with E-state index in [-0.39, 0.29) is 11.8 Å². The van der Waals surface area contributed by atoms with E-state index < -0.39 is 0 Å². The SMILES string of the molecule is [B]c1cc(Cl)c(CC2CCN(C3CCCCC3)C2=O)c(Cl)c1N. The zero-order valence-electron chi connectivity index (χ0n) is 13.2. The van der Waals surface area contributed by atoms with Crippen LogP contribution in [0, 0.1) is 5.92 Å². The van der Waals surface area contributed by atoms with Gasteiger partial charge >= 0.3 is 0 Å². The molecule has 2 radical (unpaired) electrons. The number of carbonyl (C=O) groups excluding carboxylic acids is 1. The van der Waals surface area contributed by atoms with Gasteiger partial charge in [0.05, 0.1) is 5.02 Å². The van der Waals surface area contributed by atoms with Gasteiger partial charge < -0.3 is 10.6 Å². The first kappa shape index (κ1) is 17.0. The summed E-state index contributed by atoms with van der Waals surface area (Å²) in [5.41, 5.74) is 7.36. The van der Waals surface area contributed by atoms with Crippen molar-refractivity contribution < 1.29 is 4.79 Å². The lowest BCUT2D eigenvalue weighted by molar-refractivity contribution is -0.133. The quantitative estimate of drug-likeness (QED) is 0.672. The van der Waals surface area contributed by atoms with Crippen LogP contribution < -0.4 is 11.2 Å². The van der Waals surface area contributed by atoms with Crippen LogP contribution in [0.4, 0.5) is 5.69 Å².